The van der Waals surface area contributed by atoms with Crippen molar-refractivity contribution in [3.63, 3.8) is 0 Å². The van der Waals surface area contributed by atoms with Gasteiger partial charge in [-0.1, -0.05) is 60.8 Å². The summed E-state index contributed by atoms with van der Waals surface area (Å²) in [5.74, 6) is 0.195. The third kappa shape index (κ3) is 10.00. The average Bonchev–Trinajstić information content (AvgIpc) is 3.75. The van der Waals surface area contributed by atoms with E-state index >= 15 is 0 Å². The largest absolute Gasteiger partial charge is 0.476 e. The van der Waals surface area contributed by atoms with E-state index in [2.05, 4.69) is 61.8 Å². The van der Waals surface area contributed by atoms with E-state index in [1.165, 1.54) is 22.8 Å². The molecule has 5 aromatic rings. The van der Waals surface area contributed by atoms with Crippen LogP contribution in [0.25, 0.3) is 16.5 Å². The SMILES string of the molecule is CC1(C)CCC(CN2CCN(c3ccc(C(=O)NS(=O)(=O)c4cnc(OCC5CCC(C#N)CC5)c(Cl)c4)c(Oc4cccc5[nH]ncc45)c3)CC2)=C(c2ccc(Cl)cc2)C1. The van der Waals surface area contributed by atoms with Crippen LogP contribution in [0.2, 0.25) is 10.0 Å². The second kappa shape index (κ2) is 18.1. The molecule has 61 heavy (non-hydrogen) atoms. The summed E-state index contributed by atoms with van der Waals surface area (Å²) < 4.78 is 41.7. The molecule has 15 heteroatoms. The lowest BCUT2D eigenvalue weighted by Gasteiger charge is -2.39. The number of nitrogens with zero attached hydrogens (tertiary/aromatic N) is 5. The highest BCUT2D eigenvalue weighted by Crippen LogP contribution is 2.44. The molecule has 0 radical (unpaired) electrons. The monoisotopic (exact) mass is 881 g/mol. The van der Waals surface area contributed by atoms with Crippen molar-refractivity contribution < 1.29 is 22.7 Å². The van der Waals surface area contributed by atoms with Gasteiger partial charge in [-0.05, 0) is 110 Å². The van der Waals surface area contributed by atoms with E-state index < -0.39 is 15.9 Å². The quantitative estimate of drug-likeness (QED) is 0.124. The minimum absolute atomic E-state index is 0.00382. The van der Waals surface area contributed by atoms with E-state index in [1.807, 2.05) is 30.3 Å². The molecule has 2 fully saturated rings. The fourth-order valence-electron chi connectivity index (χ4n) is 8.58. The Balaban J connectivity index is 0.980. The predicted molar refractivity (Wildman–Crippen MR) is 238 cm³/mol. The number of fused-ring (bicyclic) bond motifs is 1. The molecular formula is C46H49Cl2N7O5S. The Kier molecular flexibility index (Phi) is 12.6. The molecule has 1 amide bonds. The highest BCUT2D eigenvalue weighted by molar-refractivity contribution is 7.90. The average molecular weight is 883 g/mol. The van der Waals surface area contributed by atoms with Crippen LogP contribution in [-0.4, -0.2) is 73.7 Å². The molecule has 1 saturated heterocycles. The number of nitriles is 1. The number of aromatic nitrogens is 3. The molecule has 3 aromatic carbocycles. The van der Waals surface area contributed by atoms with Crippen LogP contribution in [0.3, 0.4) is 0 Å². The number of ether oxygens (including phenoxy) is 2. The first kappa shape index (κ1) is 42.6. The number of H-pyrrole nitrogens is 1. The minimum atomic E-state index is -4.41. The van der Waals surface area contributed by atoms with E-state index in [1.54, 1.807) is 24.4 Å². The van der Waals surface area contributed by atoms with E-state index in [9.17, 15) is 18.5 Å². The molecule has 2 aliphatic carbocycles. The smallest absolute Gasteiger partial charge is 0.268 e. The number of aromatic amines is 1. The topological polar surface area (TPSA) is 154 Å². The summed E-state index contributed by atoms with van der Waals surface area (Å²) in [4.78, 5) is 22.6. The van der Waals surface area contributed by atoms with Crippen molar-refractivity contribution in [2.24, 2.45) is 17.3 Å². The number of benzene rings is 3. The van der Waals surface area contributed by atoms with Crippen molar-refractivity contribution in [3.8, 4) is 23.4 Å². The number of rotatable bonds is 12. The third-order valence-corrected chi connectivity index (χ3v) is 14.0. The summed E-state index contributed by atoms with van der Waals surface area (Å²) in [7, 11) is -4.41. The Morgan fingerprint density at radius 2 is 1.75 bits per heavy atom. The maximum atomic E-state index is 13.9. The zero-order valence-corrected chi connectivity index (χ0v) is 36.6. The van der Waals surface area contributed by atoms with Crippen molar-refractivity contribution in [2.45, 2.75) is 63.7 Å². The highest BCUT2D eigenvalue weighted by Gasteiger charge is 2.30. The number of nitrogens with one attached hydrogen (secondary N) is 2. The van der Waals surface area contributed by atoms with Crippen molar-refractivity contribution in [2.75, 3.05) is 44.2 Å². The van der Waals surface area contributed by atoms with E-state index in [-0.39, 0.29) is 44.4 Å². The number of carbonyl (C=O) groups is 1. The van der Waals surface area contributed by atoms with Crippen molar-refractivity contribution in [3.05, 3.63) is 106 Å². The Morgan fingerprint density at radius 3 is 2.49 bits per heavy atom. The fourth-order valence-corrected chi connectivity index (χ4v) is 9.93. The lowest BCUT2D eigenvalue weighted by atomic mass is 9.72. The Bertz CT molecular complexity index is 2590. The van der Waals surface area contributed by atoms with Gasteiger partial charge in [0.1, 0.15) is 21.4 Å². The summed E-state index contributed by atoms with van der Waals surface area (Å²) >= 11 is 12.7. The Morgan fingerprint density at radius 1 is 0.984 bits per heavy atom. The first-order valence-corrected chi connectivity index (χ1v) is 23.0. The zero-order valence-electron chi connectivity index (χ0n) is 34.3. The lowest BCUT2D eigenvalue weighted by Crippen LogP contribution is -2.47. The van der Waals surface area contributed by atoms with Gasteiger partial charge in [0.15, 0.2) is 0 Å². The highest BCUT2D eigenvalue weighted by atomic mass is 35.5. The third-order valence-electron chi connectivity index (χ3n) is 12.2. The first-order valence-electron chi connectivity index (χ1n) is 20.8. The van der Waals surface area contributed by atoms with Crippen LogP contribution in [0.15, 0.2) is 89.6 Å². The van der Waals surface area contributed by atoms with Gasteiger partial charge in [0.25, 0.3) is 15.9 Å². The van der Waals surface area contributed by atoms with Gasteiger partial charge >= 0.3 is 0 Å². The van der Waals surface area contributed by atoms with Gasteiger partial charge in [-0.15, -0.1) is 0 Å². The molecule has 8 rings (SSSR count). The Labute approximate surface area is 366 Å². The number of hydrogen-bond donors (Lipinski definition) is 2. The van der Waals surface area contributed by atoms with E-state index in [0.717, 1.165) is 100 Å². The second-order valence-corrected chi connectivity index (χ2v) is 19.6. The summed E-state index contributed by atoms with van der Waals surface area (Å²) in [6, 6.07) is 22.4. The number of amides is 1. The molecule has 3 aliphatic rings. The van der Waals surface area contributed by atoms with Crippen LogP contribution in [0.1, 0.15) is 74.7 Å². The van der Waals surface area contributed by atoms with Gasteiger partial charge in [0.05, 0.1) is 41.5 Å². The summed E-state index contributed by atoms with van der Waals surface area (Å²) in [6.45, 7) is 9.13. The first-order chi connectivity index (χ1) is 29.3. The summed E-state index contributed by atoms with van der Waals surface area (Å²) in [5, 5.41) is 17.7. The van der Waals surface area contributed by atoms with Gasteiger partial charge in [0, 0.05) is 55.4 Å². The molecule has 318 valence electrons. The van der Waals surface area contributed by atoms with Gasteiger partial charge in [-0.2, -0.15) is 10.4 Å². The molecule has 1 saturated carbocycles. The van der Waals surface area contributed by atoms with Crippen LogP contribution >= 0.6 is 23.2 Å². The second-order valence-electron chi connectivity index (χ2n) is 17.1. The van der Waals surface area contributed by atoms with Crippen LogP contribution < -0.4 is 19.1 Å². The van der Waals surface area contributed by atoms with Gasteiger partial charge < -0.3 is 14.4 Å². The van der Waals surface area contributed by atoms with E-state index in [4.69, 9.17) is 32.7 Å². The van der Waals surface area contributed by atoms with Crippen LogP contribution in [-0.2, 0) is 10.0 Å². The molecule has 0 unspecified atom stereocenters. The van der Waals surface area contributed by atoms with Crippen LogP contribution in [0.4, 0.5) is 5.69 Å². The minimum Gasteiger partial charge on any atom is -0.476 e. The fraction of sp³-hybridized carbons (Fsp3) is 0.391. The van der Waals surface area contributed by atoms with Crippen molar-refractivity contribution >= 4 is 61.3 Å². The Hall–Kier alpha value is -5.13. The van der Waals surface area contributed by atoms with Crippen molar-refractivity contribution in [1.29, 1.82) is 5.26 Å². The molecule has 0 atom stereocenters. The number of hydrogen-bond acceptors (Lipinski definition) is 10. The van der Waals surface area contributed by atoms with Gasteiger partial charge in [-0.25, -0.2) is 18.1 Å². The van der Waals surface area contributed by atoms with Crippen LogP contribution in [0, 0.1) is 28.6 Å². The number of anilines is 1. The molecule has 1 aliphatic heterocycles. The standard InChI is InChI=1S/C46H49Cl2N7O5S/c1-46(2)17-16-33(38(24-46)32-10-12-34(47)13-11-32)28-54-18-20-55(21-19-54)35-14-15-37(43(22-35)60-42-5-3-4-41-39(42)27-51-52-41)44(56)53-61(57,58)36-23-40(48)45(50-26-36)59-29-31-8-6-30(25-49)7-9-31/h3-5,10-15,22-23,26-27,30-31H,6-9,16-21,24,28-29H2,1-2H3,(H,51,52)(H,53,56). The molecule has 2 N–H and O–H groups in total. The molecule has 3 heterocycles. The number of pyridine rings is 1. The normalized spacial score (nSPS) is 19.7. The number of sulfonamides is 1. The number of carbonyl (C=O) groups excluding carboxylic acids is 1. The summed E-state index contributed by atoms with van der Waals surface area (Å²) in [5.41, 5.74) is 6.01. The number of halogens is 2. The van der Waals surface area contributed by atoms with E-state index in [0.29, 0.717) is 17.7 Å². The van der Waals surface area contributed by atoms with Crippen molar-refractivity contribution in [1.82, 2.24) is 24.8 Å². The molecule has 0 spiro atoms. The number of allylic oxidation sites excluding steroid dienone is 1. The van der Waals surface area contributed by atoms with Gasteiger partial charge in [-0.3, -0.25) is 14.8 Å². The lowest BCUT2D eigenvalue weighted by molar-refractivity contribution is 0.0979. The molecule has 12 nitrogen and oxygen atoms in total. The number of piperazine rings is 1. The summed E-state index contributed by atoms with van der Waals surface area (Å²) in [6.07, 6.45) is 9.35. The maximum Gasteiger partial charge on any atom is 0.268 e. The zero-order chi connectivity index (χ0) is 42.7. The van der Waals surface area contributed by atoms with Crippen LogP contribution in [0.5, 0.6) is 17.4 Å². The predicted octanol–water partition coefficient (Wildman–Crippen LogP) is 9.67. The molecule has 0 bridgehead atoms. The molecular weight excluding hydrogens is 834 g/mol. The molecule has 2 aromatic heterocycles. The van der Waals surface area contributed by atoms with Gasteiger partial charge in [0.2, 0.25) is 5.88 Å². The maximum absolute atomic E-state index is 13.9.